The molecule has 5 aliphatic rings. The fourth-order valence-corrected chi connectivity index (χ4v) is 11.5. The first-order valence-corrected chi connectivity index (χ1v) is 21.8. The Morgan fingerprint density at radius 3 is 2.28 bits per heavy atom. The average Bonchev–Trinajstić information content (AvgIpc) is 3.24. The Kier molecular flexibility index (Phi) is 10.3. The number of halogens is 1. The molecule has 3 aromatic carbocycles. The zero-order valence-electron chi connectivity index (χ0n) is 35.1. The molecular formula is C46H52ClN9O5. The summed E-state index contributed by atoms with van der Waals surface area (Å²) in [5.74, 6) is -0.361. The van der Waals surface area contributed by atoms with Gasteiger partial charge in [0, 0.05) is 85.9 Å². The second-order valence-corrected chi connectivity index (χ2v) is 19.3. The van der Waals surface area contributed by atoms with Crippen LogP contribution in [0, 0.1) is 27.6 Å². The monoisotopic (exact) mass is 845 g/mol. The van der Waals surface area contributed by atoms with Crippen molar-refractivity contribution in [2.45, 2.75) is 90.4 Å². The molecule has 1 aromatic heterocycles. The molecule has 1 unspecified atom stereocenters. The predicted octanol–water partition coefficient (Wildman–Crippen LogP) is 5.48. The van der Waals surface area contributed by atoms with Gasteiger partial charge in [-0.25, -0.2) is 0 Å². The van der Waals surface area contributed by atoms with Crippen LogP contribution in [0.25, 0.3) is 10.9 Å². The highest BCUT2D eigenvalue weighted by Gasteiger charge is 2.64. The number of nitrogens with zero attached hydrogens (tertiary/aromatic N) is 7. The van der Waals surface area contributed by atoms with Crippen molar-refractivity contribution in [1.29, 1.82) is 5.26 Å². The molecule has 4 heterocycles. The molecule has 0 bridgehead atoms. The maximum Gasteiger partial charge on any atom is 0.280 e. The van der Waals surface area contributed by atoms with E-state index in [1.54, 1.807) is 24.3 Å². The number of nitriles is 1. The van der Waals surface area contributed by atoms with Crippen LogP contribution in [-0.2, 0) is 9.59 Å². The molecule has 2 aliphatic carbocycles. The normalized spacial score (nSPS) is 24.7. The predicted molar refractivity (Wildman–Crippen MR) is 232 cm³/mol. The molecule has 15 heteroatoms. The highest BCUT2D eigenvalue weighted by atomic mass is 35.5. The van der Waals surface area contributed by atoms with Gasteiger partial charge in [0.1, 0.15) is 29.5 Å². The van der Waals surface area contributed by atoms with Crippen LogP contribution in [0.1, 0.15) is 88.2 Å². The number of rotatable bonds is 8. The van der Waals surface area contributed by atoms with Gasteiger partial charge in [-0.3, -0.25) is 29.4 Å². The number of hydrogen-bond acceptors (Lipinski definition) is 11. The molecule has 0 radical (unpaired) electrons. The van der Waals surface area contributed by atoms with E-state index in [1.165, 1.54) is 12.8 Å². The summed E-state index contributed by atoms with van der Waals surface area (Å²) in [4.78, 5) is 59.0. The van der Waals surface area contributed by atoms with Crippen LogP contribution >= 0.6 is 11.6 Å². The Balaban J connectivity index is 0.755. The molecule has 3 saturated heterocycles. The number of aromatic nitrogens is 3. The lowest BCUT2D eigenvalue weighted by molar-refractivity contribution is -0.164. The lowest BCUT2D eigenvalue weighted by Crippen LogP contribution is -2.74. The smallest absolute Gasteiger partial charge is 0.280 e. The molecule has 61 heavy (non-hydrogen) atoms. The number of nitrogens with one attached hydrogen (secondary N) is 2. The summed E-state index contributed by atoms with van der Waals surface area (Å²) in [6.45, 7) is 13.9. The number of ether oxygens (including phenoxy) is 1. The third-order valence-corrected chi connectivity index (χ3v) is 14.8. The van der Waals surface area contributed by atoms with Gasteiger partial charge in [0.2, 0.25) is 5.91 Å². The Morgan fingerprint density at radius 2 is 1.62 bits per heavy atom. The van der Waals surface area contributed by atoms with Gasteiger partial charge in [-0.15, -0.1) is 5.10 Å². The van der Waals surface area contributed by atoms with E-state index in [0.717, 1.165) is 68.2 Å². The van der Waals surface area contributed by atoms with Gasteiger partial charge in [-0.1, -0.05) is 50.6 Å². The van der Waals surface area contributed by atoms with Crippen molar-refractivity contribution in [3.8, 4) is 11.8 Å². The maximum atomic E-state index is 13.8. The maximum absolute atomic E-state index is 13.8. The summed E-state index contributed by atoms with van der Waals surface area (Å²) in [6.07, 6.45) is 4.67. The summed E-state index contributed by atoms with van der Waals surface area (Å²) >= 11 is 6.26. The first-order chi connectivity index (χ1) is 29.2. The molecule has 4 aromatic rings. The summed E-state index contributed by atoms with van der Waals surface area (Å²) < 4.78 is 7.54. The van der Waals surface area contributed by atoms with Crippen LogP contribution in [-0.4, -0.2) is 95.1 Å². The Morgan fingerprint density at radius 1 is 0.918 bits per heavy atom. The van der Waals surface area contributed by atoms with Gasteiger partial charge in [0.25, 0.3) is 17.4 Å². The summed E-state index contributed by atoms with van der Waals surface area (Å²) in [5, 5.41) is 24.1. The fourth-order valence-electron chi connectivity index (χ4n) is 11.3. The van der Waals surface area contributed by atoms with Crippen molar-refractivity contribution in [2.75, 3.05) is 49.1 Å². The van der Waals surface area contributed by atoms with E-state index in [-0.39, 0.29) is 53.2 Å². The quantitative estimate of drug-likeness (QED) is 0.216. The van der Waals surface area contributed by atoms with Crippen LogP contribution in [0.15, 0.2) is 65.5 Å². The molecule has 3 aliphatic heterocycles. The molecule has 14 nitrogen and oxygen atoms in total. The number of amides is 3. The average molecular weight is 846 g/mol. The summed E-state index contributed by atoms with van der Waals surface area (Å²) in [7, 11) is 0. The van der Waals surface area contributed by atoms with Crippen LogP contribution < -0.4 is 30.7 Å². The second kappa shape index (κ2) is 15.4. The minimum absolute atomic E-state index is 0.105. The van der Waals surface area contributed by atoms with E-state index in [9.17, 15) is 24.4 Å². The number of carbonyl (C=O) groups excluding carboxylic acids is 3. The first-order valence-electron chi connectivity index (χ1n) is 21.4. The highest BCUT2D eigenvalue weighted by Crippen LogP contribution is 2.56. The zero-order chi connectivity index (χ0) is 42.8. The lowest BCUT2D eigenvalue weighted by Gasteiger charge is -2.63. The number of imide groups is 1. The van der Waals surface area contributed by atoms with E-state index in [2.05, 4.69) is 81.5 Å². The van der Waals surface area contributed by atoms with Gasteiger partial charge >= 0.3 is 0 Å². The van der Waals surface area contributed by atoms with E-state index in [1.807, 2.05) is 24.3 Å². The van der Waals surface area contributed by atoms with Crippen molar-refractivity contribution in [1.82, 2.24) is 30.5 Å². The number of carbonyl (C=O) groups is 3. The van der Waals surface area contributed by atoms with Gasteiger partial charge in [0.05, 0.1) is 21.7 Å². The fraction of sp³-hybridized carbons (Fsp3) is 0.500. The molecular weight excluding hydrogens is 794 g/mol. The molecule has 2 N–H and O–H groups in total. The molecule has 2 saturated carbocycles. The van der Waals surface area contributed by atoms with Crippen molar-refractivity contribution in [2.24, 2.45) is 16.2 Å². The molecule has 5 fully saturated rings. The van der Waals surface area contributed by atoms with Crippen molar-refractivity contribution >= 4 is 51.6 Å². The Bertz CT molecular complexity index is 2480. The van der Waals surface area contributed by atoms with Gasteiger partial charge in [0.15, 0.2) is 0 Å². The summed E-state index contributed by atoms with van der Waals surface area (Å²) in [5.41, 5.74) is 2.74. The van der Waals surface area contributed by atoms with E-state index < -0.39 is 11.9 Å². The topological polar surface area (TPSA) is 166 Å². The molecule has 318 valence electrons. The summed E-state index contributed by atoms with van der Waals surface area (Å²) in [6, 6.07) is 20.4. The number of hydrogen-bond donors (Lipinski definition) is 2. The largest absolute Gasteiger partial charge is 0.489 e. The molecule has 3 amide bonds. The molecule has 9 rings (SSSR count). The Labute approximate surface area is 360 Å². The molecule has 1 atom stereocenters. The standard InChI is InChI=1S/C46H52ClN9O5/c1-44(2)42(45(3,4)43(44)61-32-13-10-29(27-48)33(47)24-32)50-39(58)28-8-11-30(12-9-28)53-20-22-54(23-21-53)31-25-46(26-31)16-18-55(19-17-46)35-7-5-6-34-38(35)41(60)56(52-51-34)36-14-15-37(57)49-40(36)59/h5-13,24,31,36,42-43H,14-23,25-26H2,1-4H3,(H,50,58)(H,49,57,59). The minimum atomic E-state index is -0.855. The SMILES string of the molecule is CC1(C)C(NC(=O)c2ccc(N3CCN(C4CC5(CCN(c6cccc7nnn(C8CCC(=O)NC8=O)c(=O)c67)CC5)C4)CC3)cc2)C(C)(C)C1Oc1ccc(C#N)c(Cl)c1. The van der Waals surface area contributed by atoms with Crippen molar-refractivity contribution < 1.29 is 19.1 Å². The number of piperidine rings is 2. The van der Waals surface area contributed by atoms with Crippen molar-refractivity contribution in [3.05, 3.63) is 87.2 Å². The van der Waals surface area contributed by atoms with Gasteiger partial charge in [-0.2, -0.15) is 9.94 Å². The number of benzene rings is 3. The zero-order valence-corrected chi connectivity index (χ0v) is 35.9. The third-order valence-electron chi connectivity index (χ3n) is 14.5. The van der Waals surface area contributed by atoms with Crippen molar-refractivity contribution in [3.63, 3.8) is 0 Å². The van der Waals surface area contributed by atoms with Crippen LogP contribution in [0.2, 0.25) is 5.02 Å². The number of anilines is 2. The van der Waals surface area contributed by atoms with E-state index in [4.69, 9.17) is 16.3 Å². The molecule has 1 spiro atoms. The lowest BCUT2D eigenvalue weighted by atomic mass is 9.49. The van der Waals surface area contributed by atoms with Crippen LogP contribution in [0.3, 0.4) is 0 Å². The van der Waals surface area contributed by atoms with Gasteiger partial charge < -0.3 is 19.9 Å². The van der Waals surface area contributed by atoms with Gasteiger partial charge in [-0.05, 0) is 86.1 Å². The van der Waals surface area contributed by atoms with E-state index in [0.29, 0.717) is 44.3 Å². The number of piperazine rings is 1. The number of fused-ring (bicyclic) bond motifs is 1. The Hall–Kier alpha value is -5.52. The minimum Gasteiger partial charge on any atom is -0.489 e. The third kappa shape index (κ3) is 7.29. The second-order valence-electron chi connectivity index (χ2n) is 18.9. The van der Waals surface area contributed by atoms with Crippen LogP contribution in [0.4, 0.5) is 11.4 Å². The van der Waals surface area contributed by atoms with E-state index >= 15 is 0 Å². The van der Waals surface area contributed by atoms with Crippen LogP contribution in [0.5, 0.6) is 5.75 Å². The first kappa shape index (κ1) is 40.9. The highest BCUT2D eigenvalue weighted by molar-refractivity contribution is 6.31.